The molecule has 0 aromatic heterocycles. The first-order chi connectivity index (χ1) is 5.75. The molecule has 0 saturated carbocycles. The molecular weight excluding hydrogens is 160 g/mol. The second kappa shape index (κ2) is 3.30. The van der Waals surface area contributed by atoms with Crippen LogP contribution in [0.3, 0.4) is 0 Å². The van der Waals surface area contributed by atoms with Crippen LogP contribution in [-0.4, -0.2) is 35.0 Å². The van der Waals surface area contributed by atoms with Gasteiger partial charge in [-0.05, 0) is 12.8 Å². The Morgan fingerprint density at radius 1 is 0.750 bits per heavy atom. The Morgan fingerprint density at radius 2 is 1.17 bits per heavy atom. The van der Waals surface area contributed by atoms with Gasteiger partial charge in [0, 0.05) is 12.8 Å². The van der Waals surface area contributed by atoms with Gasteiger partial charge in [0.05, 0.1) is 12.2 Å². The van der Waals surface area contributed by atoms with Crippen LogP contribution in [0.15, 0.2) is 0 Å². The summed E-state index contributed by atoms with van der Waals surface area (Å²) in [4.78, 5) is 0. The zero-order valence-electron chi connectivity index (χ0n) is 6.85. The molecule has 4 atom stereocenters. The summed E-state index contributed by atoms with van der Waals surface area (Å²) in [6.07, 6.45) is 1.74. The van der Waals surface area contributed by atoms with Crippen LogP contribution in [0.25, 0.3) is 0 Å². The lowest BCUT2D eigenvalue weighted by molar-refractivity contribution is -0.158. The molecule has 2 aliphatic rings. The molecule has 70 valence electrons. The van der Waals surface area contributed by atoms with Crippen molar-refractivity contribution in [2.75, 3.05) is 0 Å². The SMILES string of the molecule is OC1CCC(C2CCC(O)O2)O1. The topological polar surface area (TPSA) is 58.9 Å². The highest BCUT2D eigenvalue weighted by molar-refractivity contribution is 4.80. The molecule has 0 spiro atoms. The Balaban J connectivity index is 1.85. The predicted octanol–water partition coefficient (Wildman–Crippen LogP) is -0.0188. The molecule has 4 unspecified atom stereocenters. The Hall–Kier alpha value is -0.160. The molecule has 2 fully saturated rings. The molecule has 2 heterocycles. The van der Waals surface area contributed by atoms with Gasteiger partial charge >= 0.3 is 0 Å². The van der Waals surface area contributed by atoms with E-state index in [-0.39, 0.29) is 12.2 Å². The maximum atomic E-state index is 9.09. The van der Waals surface area contributed by atoms with Gasteiger partial charge in [-0.1, -0.05) is 0 Å². The van der Waals surface area contributed by atoms with Crippen molar-refractivity contribution in [2.24, 2.45) is 0 Å². The molecule has 2 saturated heterocycles. The van der Waals surface area contributed by atoms with E-state index in [2.05, 4.69) is 0 Å². The molecule has 2 rings (SSSR count). The van der Waals surface area contributed by atoms with Crippen molar-refractivity contribution in [3.05, 3.63) is 0 Å². The van der Waals surface area contributed by atoms with Gasteiger partial charge in [0.25, 0.3) is 0 Å². The average Bonchev–Trinajstić information content (AvgIpc) is 2.58. The van der Waals surface area contributed by atoms with Gasteiger partial charge in [-0.3, -0.25) is 0 Å². The molecule has 4 heteroatoms. The summed E-state index contributed by atoms with van der Waals surface area (Å²) in [5.74, 6) is 0. The van der Waals surface area contributed by atoms with E-state index in [0.29, 0.717) is 12.8 Å². The molecule has 0 aliphatic carbocycles. The lowest BCUT2D eigenvalue weighted by Gasteiger charge is -2.17. The van der Waals surface area contributed by atoms with Crippen LogP contribution in [0.4, 0.5) is 0 Å². The summed E-state index contributed by atoms with van der Waals surface area (Å²) in [5.41, 5.74) is 0. The largest absolute Gasteiger partial charge is 0.368 e. The van der Waals surface area contributed by atoms with E-state index in [0.717, 1.165) is 12.8 Å². The molecule has 2 N–H and O–H groups in total. The number of hydrogen-bond acceptors (Lipinski definition) is 4. The van der Waals surface area contributed by atoms with Crippen LogP contribution >= 0.6 is 0 Å². The minimum absolute atomic E-state index is 0.0165. The fourth-order valence-corrected chi connectivity index (χ4v) is 1.84. The van der Waals surface area contributed by atoms with Crippen molar-refractivity contribution in [3.63, 3.8) is 0 Å². The zero-order valence-corrected chi connectivity index (χ0v) is 6.85. The molecule has 2 aliphatic heterocycles. The monoisotopic (exact) mass is 174 g/mol. The Labute approximate surface area is 71.1 Å². The fraction of sp³-hybridized carbons (Fsp3) is 1.00. The van der Waals surface area contributed by atoms with Gasteiger partial charge in [-0.15, -0.1) is 0 Å². The molecule has 4 nitrogen and oxygen atoms in total. The summed E-state index contributed by atoms with van der Waals surface area (Å²) in [6.45, 7) is 0. The van der Waals surface area contributed by atoms with Crippen molar-refractivity contribution >= 4 is 0 Å². The number of hydrogen-bond donors (Lipinski definition) is 2. The molecule has 12 heavy (non-hydrogen) atoms. The number of ether oxygens (including phenoxy) is 2. The third-order valence-corrected chi connectivity index (χ3v) is 2.47. The van der Waals surface area contributed by atoms with Gasteiger partial charge in [0.1, 0.15) is 0 Å². The first-order valence-corrected chi connectivity index (χ1v) is 4.43. The lowest BCUT2D eigenvalue weighted by atomic mass is 10.1. The molecule has 0 radical (unpaired) electrons. The highest BCUT2D eigenvalue weighted by atomic mass is 16.7. The van der Waals surface area contributed by atoms with Crippen LogP contribution in [-0.2, 0) is 9.47 Å². The van der Waals surface area contributed by atoms with E-state index in [1.807, 2.05) is 0 Å². The summed E-state index contributed by atoms with van der Waals surface area (Å²) in [6, 6.07) is 0. The van der Waals surface area contributed by atoms with Crippen molar-refractivity contribution < 1.29 is 19.7 Å². The van der Waals surface area contributed by atoms with Crippen LogP contribution in [0.2, 0.25) is 0 Å². The average molecular weight is 174 g/mol. The summed E-state index contributed by atoms with van der Waals surface area (Å²) >= 11 is 0. The third-order valence-electron chi connectivity index (χ3n) is 2.47. The van der Waals surface area contributed by atoms with Gasteiger partial charge in [0.2, 0.25) is 0 Å². The summed E-state index contributed by atoms with van der Waals surface area (Å²) < 4.78 is 10.4. The van der Waals surface area contributed by atoms with E-state index < -0.39 is 12.6 Å². The van der Waals surface area contributed by atoms with E-state index >= 15 is 0 Å². The normalized spacial score (nSPS) is 48.5. The minimum Gasteiger partial charge on any atom is -0.368 e. The van der Waals surface area contributed by atoms with Gasteiger partial charge in [0.15, 0.2) is 12.6 Å². The predicted molar refractivity (Wildman–Crippen MR) is 40.2 cm³/mol. The van der Waals surface area contributed by atoms with Crippen molar-refractivity contribution in [2.45, 2.75) is 50.5 Å². The lowest BCUT2D eigenvalue weighted by Crippen LogP contribution is -2.26. The second-order valence-electron chi connectivity index (χ2n) is 3.41. The van der Waals surface area contributed by atoms with Crippen LogP contribution in [0, 0.1) is 0 Å². The van der Waals surface area contributed by atoms with Gasteiger partial charge in [-0.25, -0.2) is 0 Å². The van der Waals surface area contributed by atoms with Crippen molar-refractivity contribution in [1.29, 1.82) is 0 Å². The standard InChI is InChI=1S/C8H14O4/c9-7-3-1-5(11-7)6-2-4-8(10)12-6/h5-10H,1-4H2. The molecule has 0 aromatic carbocycles. The maximum Gasteiger partial charge on any atom is 0.155 e. The number of aliphatic hydroxyl groups is 2. The first kappa shape index (κ1) is 8.44. The van der Waals surface area contributed by atoms with E-state index in [4.69, 9.17) is 19.7 Å². The van der Waals surface area contributed by atoms with Gasteiger partial charge in [-0.2, -0.15) is 0 Å². The number of aliphatic hydroxyl groups excluding tert-OH is 2. The Morgan fingerprint density at radius 3 is 1.42 bits per heavy atom. The quantitative estimate of drug-likeness (QED) is 0.586. The van der Waals surface area contributed by atoms with E-state index in [1.165, 1.54) is 0 Å². The molecule has 0 bridgehead atoms. The molecule has 0 aromatic rings. The van der Waals surface area contributed by atoms with E-state index in [9.17, 15) is 0 Å². The summed E-state index contributed by atoms with van der Waals surface area (Å²) in [5, 5.41) is 18.2. The van der Waals surface area contributed by atoms with E-state index in [1.54, 1.807) is 0 Å². The zero-order chi connectivity index (χ0) is 8.55. The van der Waals surface area contributed by atoms with Crippen molar-refractivity contribution in [1.82, 2.24) is 0 Å². The first-order valence-electron chi connectivity index (χ1n) is 4.43. The molecular formula is C8H14O4. The fourth-order valence-electron chi connectivity index (χ4n) is 1.84. The number of rotatable bonds is 1. The van der Waals surface area contributed by atoms with Gasteiger partial charge < -0.3 is 19.7 Å². The molecule has 0 amide bonds. The highest BCUT2D eigenvalue weighted by Crippen LogP contribution is 2.29. The minimum atomic E-state index is -0.628. The second-order valence-corrected chi connectivity index (χ2v) is 3.41. The maximum absolute atomic E-state index is 9.09. The smallest absolute Gasteiger partial charge is 0.155 e. The Kier molecular flexibility index (Phi) is 2.32. The van der Waals surface area contributed by atoms with Crippen LogP contribution in [0.1, 0.15) is 25.7 Å². The Bertz CT molecular complexity index is 143. The third kappa shape index (κ3) is 1.61. The van der Waals surface area contributed by atoms with Crippen LogP contribution in [0.5, 0.6) is 0 Å². The highest BCUT2D eigenvalue weighted by Gasteiger charge is 2.35. The summed E-state index contributed by atoms with van der Waals surface area (Å²) in [7, 11) is 0. The van der Waals surface area contributed by atoms with Crippen molar-refractivity contribution in [3.8, 4) is 0 Å². The van der Waals surface area contributed by atoms with Crippen LogP contribution < -0.4 is 0 Å².